The third-order valence-corrected chi connectivity index (χ3v) is 2.40. The third-order valence-electron chi connectivity index (χ3n) is 2.40. The van der Waals surface area contributed by atoms with Gasteiger partial charge in [0.2, 0.25) is 0 Å². The zero-order valence-corrected chi connectivity index (χ0v) is 8.57. The number of rotatable bonds is 2. The normalized spacial score (nSPS) is 27.1. The summed E-state index contributed by atoms with van der Waals surface area (Å²) in [5.74, 6) is -2.19. The lowest BCUT2D eigenvalue weighted by Crippen LogP contribution is -2.49. The second-order valence-corrected chi connectivity index (χ2v) is 3.96. The van der Waals surface area contributed by atoms with E-state index in [2.05, 4.69) is 5.32 Å². The van der Waals surface area contributed by atoms with Gasteiger partial charge in [0.25, 0.3) is 0 Å². The Kier molecular flexibility index (Phi) is 2.93. The largest absolute Gasteiger partial charge is 0.481 e. The van der Waals surface area contributed by atoms with Crippen molar-refractivity contribution < 1.29 is 14.7 Å². The minimum Gasteiger partial charge on any atom is -0.481 e. The van der Waals surface area contributed by atoms with Gasteiger partial charge in [0, 0.05) is 17.8 Å². The summed E-state index contributed by atoms with van der Waals surface area (Å²) in [6.07, 6.45) is 1.36. The van der Waals surface area contributed by atoms with Crippen molar-refractivity contribution in [2.24, 2.45) is 11.8 Å². The number of hydrogen-bond acceptors (Lipinski definition) is 3. The van der Waals surface area contributed by atoms with Crippen LogP contribution >= 0.6 is 0 Å². The zero-order chi connectivity index (χ0) is 10.9. The molecule has 1 rings (SSSR count). The predicted octanol–water partition coefficient (Wildman–Crippen LogP) is 0.788. The minimum atomic E-state index is -1.05. The van der Waals surface area contributed by atoms with Crippen LogP contribution in [0.5, 0.6) is 0 Å². The molecule has 0 fully saturated rings. The lowest BCUT2D eigenvalue weighted by Gasteiger charge is -2.31. The highest BCUT2D eigenvalue weighted by atomic mass is 16.4. The van der Waals surface area contributed by atoms with Crippen LogP contribution in [0.15, 0.2) is 11.8 Å². The highest BCUT2D eigenvalue weighted by Gasteiger charge is 2.38. The quantitative estimate of drug-likeness (QED) is 0.642. The molecule has 2 atom stereocenters. The van der Waals surface area contributed by atoms with Crippen molar-refractivity contribution in [3.63, 3.8) is 0 Å². The number of nitrogens with one attached hydrogen (secondary N) is 1. The van der Waals surface area contributed by atoms with Gasteiger partial charge in [0.15, 0.2) is 5.78 Å². The summed E-state index contributed by atoms with van der Waals surface area (Å²) in [4.78, 5) is 22.4. The predicted molar refractivity (Wildman–Crippen MR) is 51.7 cm³/mol. The van der Waals surface area contributed by atoms with Crippen molar-refractivity contribution in [3.05, 3.63) is 11.8 Å². The molecule has 0 saturated heterocycles. The first-order valence-electron chi connectivity index (χ1n) is 4.65. The first kappa shape index (κ1) is 10.8. The molecular formula is C10H15NO3. The molecule has 2 N–H and O–H groups in total. The first-order valence-corrected chi connectivity index (χ1v) is 4.65. The molecule has 2 unspecified atom stereocenters. The number of carboxylic acid groups (broad SMARTS) is 1. The fourth-order valence-corrected chi connectivity index (χ4v) is 1.69. The Morgan fingerprint density at radius 3 is 2.57 bits per heavy atom. The van der Waals surface area contributed by atoms with Gasteiger partial charge < -0.3 is 10.4 Å². The molecule has 0 radical (unpaired) electrons. The van der Waals surface area contributed by atoms with E-state index >= 15 is 0 Å². The van der Waals surface area contributed by atoms with E-state index in [1.165, 1.54) is 6.08 Å². The smallest absolute Gasteiger partial charge is 0.316 e. The SMILES string of the molecule is CC1=CC(=O)C(C(=O)O)C(C(C)C)N1. The number of aliphatic carboxylic acids is 1. The Labute approximate surface area is 83.0 Å². The zero-order valence-electron chi connectivity index (χ0n) is 8.57. The van der Waals surface area contributed by atoms with E-state index in [1.807, 2.05) is 13.8 Å². The number of carbonyl (C=O) groups is 2. The Morgan fingerprint density at radius 2 is 2.14 bits per heavy atom. The minimum absolute atomic E-state index is 0.115. The Balaban J connectivity index is 2.99. The van der Waals surface area contributed by atoms with Gasteiger partial charge in [-0.15, -0.1) is 0 Å². The van der Waals surface area contributed by atoms with Gasteiger partial charge in [0.05, 0.1) is 0 Å². The average molecular weight is 197 g/mol. The van der Waals surface area contributed by atoms with Gasteiger partial charge in [0.1, 0.15) is 5.92 Å². The van der Waals surface area contributed by atoms with Crippen molar-refractivity contribution in [2.45, 2.75) is 26.8 Å². The molecule has 4 heteroatoms. The maximum absolute atomic E-state index is 11.5. The molecule has 0 saturated carbocycles. The van der Waals surface area contributed by atoms with E-state index in [0.717, 1.165) is 5.70 Å². The highest BCUT2D eigenvalue weighted by Crippen LogP contribution is 2.20. The van der Waals surface area contributed by atoms with Gasteiger partial charge >= 0.3 is 5.97 Å². The summed E-state index contributed by atoms with van der Waals surface area (Å²) in [6.45, 7) is 5.57. The third kappa shape index (κ3) is 1.95. The fraction of sp³-hybridized carbons (Fsp3) is 0.600. The number of allylic oxidation sites excluding steroid dienone is 2. The average Bonchev–Trinajstić information content (AvgIpc) is 2.01. The van der Waals surface area contributed by atoms with Crippen LogP contribution in [0.25, 0.3) is 0 Å². The van der Waals surface area contributed by atoms with Crippen molar-refractivity contribution in [1.82, 2.24) is 5.32 Å². The maximum atomic E-state index is 11.5. The number of hydrogen-bond donors (Lipinski definition) is 2. The van der Waals surface area contributed by atoms with Crippen LogP contribution < -0.4 is 5.32 Å². The van der Waals surface area contributed by atoms with Crippen LogP contribution in [-0.2, 0) is 9.59 Å². The summed E-state index contributed by atoms with van der Waals surface area (Å²) < 4.78 is 0. The molecule has 0 bridgehead atoms. The fourth-order valence-electron chi connectivity index (χ4n) is 1.69. The van der Waals surface area contributed by atoms with E-state index in [1.54, 1.807) is 6.92 Å². The summed E-state index contributed by atoms with van der Waals surface area (Å²) in [5, 5.41) is 12.0. The van der Waals surface area contributed by atoms with Gasteiger partial charge in [-0.05, 0) is 12.8 Å². The van der Waals surface area contributed by atoms with E-state index in [-0.39, 0.29) is 17.7 Å². The van der Waals surface area contributed by atoms with Crippen molar-refractivity contribution in [1.29, 1.82) is 0 Å². The lowest BCUT2D eigenvalue weighted by atomic mass is 9.84. The van der Waals surface area contributed by atoms with Crippen molar-refractivity contribution >= 4 is 11.8 Å². The van der Waals surface area contributed by atoms with Crippen molar-refractivity contribution in [3.8, 4) is 0 Å². The van der Waals surface area contributed by atoms with Gasteiger partial charge in [-0.25, -0.2) is 0 Å². The van der Waals surface area contributed by atoms with Gasteiger partial charge in [-0.2, -0.15) is 0 Å². The topological polar surface area (TPSA) is 66.4 Å². The van der Waals surface area contributed by atoms with E-state index in [9.17, 15) is 9.59 Å². The molecule has 78 valence electrons. The van der Waals surface area contributed by atoms with Gasteiger partial charge in [-0.1, -0.05) is 13.8 Å². The summed E-state index contributed by atoms with van der Waals surface area (Å²) >= 11 is 0. The lowest BCUT2D eigenvalue weighted by molar-refractivity contribution is -0.147. The number of ketones is 1. The van der Waals surface area contributed by atoms with Crippen LogP contribution in [0.2, 0.25) is 0 Å². The van der Waals surface area contributed by atoms with Crippen LogP contribution in [-0.4, -0.2) is 22.9 Å². The molecule has 0 aliphatic carbocycles. The molecule has 1 heterocycles. The number of carboxylic acids is 1. The molecule has 0 amide bonds. The Morgan fingerprint density at radius 1 is 1.57 bits per heavy atom. The second kappa shape index (κ2) is 3.82. The summed E-state index contributed by atoms with van der Waals surface area (Å²) in [5.41, 5.74) is 0.742. The standard InChI is InChI=1S/C10H15NO3/c1-5(2)9-8(10(13)14)7(12)4-6(3)11-9/h4-5,8-9,11H,1-3H3,(H,13,14). The molecule has 4 nitrogen and oxygen atoms in total. The molecular weight excluding hydrogens is 182 g/mol. The van der Waals surface area contributed by atoms with Crippen molar-refractivity contribution in [2.75, 3.05) is 0 Å². The Bertz CT molecular complexity index is 294. The molecule has 0 aromatic carbocycles. The Hall–Kier alpha value is -1.32. The molecule has 1 aliphatic heterocycles. The second-order valence-electron chi connectivity index (χ2n) is 3.96. The maximum Gasteiger partial charge on any atom is 0.316 e. The summed E-state index contributed by atoms with van der Waals surface area (Å²) in [6, 6.07) is -0.301. The molecule has 0 aromatic heterocycles. The summed E-state index contributed by atoms with van der Waals surface area (Å²) in [7, 11) is 0. The highest BCUT2D eigenvalue weighted by molar-refractivity contribution is 6.06. The van der Waals surface area contributed by atoms with Crippen LogP contribution in [0.4, 0.5) is 0 Å². The monoisotopic (exact) mass is 197 g/mol. The molecule has 0 spiro atoms. The van der Waals surface area contributed by atoms with E-state index in [4.69, 9.17) is 5.11 Å². The van der Waals surface area contributed by atoms with Crippen LogP contribution in [0, 0.1) is 11.8 Å². The molecule has 0 aromatic rings. The molecule has 1 aliphatic rings. The van der Waals surface area contributed by atoms with E-state index < -0.39 is 11.9 Å². The molecule has 14 heavy (non-hydrogen) atoms. The number of carbonyl (C=O) groups excluding carboxylic acids is 1. The van der Waals surface area contributed by atoms with Crippen LogP contribution in [0.3, 0.4) is 0 Å². The van der Waals surface area contributed by atoms with Crippen LogP contribution in [0.1, 0.15) is 20.8 Å². The van der Waals surface area contributed by atoms with E-state index in [0.29, 0.717) is 0 Å². The first-order chi connectivity index (χ1) is 6.43. The van der Waals surface area contributed by atoms with Gasteiger partial charge in [-0.3, -0.25) is 9.59 Å².